The molecule has 0 unspecified atom stereocenters. The van der Waals surface area contributed by atoms with E-state index >= 15 is 0 Å². The van der Waals surface area contributed by atoms with Gasteiger partial charge >= 0.3 is 0 Å². The summed E-state index contributed by atoms with van der Waals surface area (Å²) in [5.41, 5.74) is 4.22. The molecule has 0 fully saturated rings. The van der Waals surface area contributed by atoms with Crippen molar-refractivity contribution in [2.45, 2.75) is 72.4 Å². The molecule has 0 aliphatic carbocycles. The van der Waals surface area contributed by atoms with Gasteiger partial charge in [0.1, 0.15) is 5.75 Å². The second-order valence-corrected chi connectivity index (χ2v) is 9.72. The van der Waals surface area contributed by atoms with Crippen molar-refractivity contribution < 1.29 is 4.43 Å². The molecule has 107 valence electrons. The van der Waals surface area contributed by atoms with Crippen molar-refractivity contribution in [3.63, 3.8) is 0 Å². The molecule has 1 aromatic carbocycles. The molecule has 0 heterocycles. The van der Waals surface area contributed by atoms with E-state index in [4.69, 9.17) is 4.43 Å². The molecule has 0 N–H and O–H groups in total. The Labute approximate surface area is 121 Å². The smallest absolute Gasteiger partial charge is 0.274 e. The molecule has 0 spiro atoms. The van der Waals surface area contributed by atoms with E-state index in [1.807, 2.05) is 0 Å². The highest BCUT2D eigenvalue weighted by Crippen LogP contribution is 2.40. The van der Waals surface area contributed by atoms with Gasteiger partial charge in [-0.3, -0.25) is 0 Å². The Bertz CT molecular complexity index is 412. The lowest BCUT2D eigenvalue weighted by Gasteiger charge is -2.31. The topological polar surface area (TPSA) is 9.23 Å². The van der Waals surface area contributed by atoms with Crippen molar-refractivity contribution in [2.24, 2.45) is 0 Å². The van der Waals surface area contributed by atoms with E-state index in [0.717, 1.165) is 5.75 Å². The van der Waals surface area contributed by atoms with Gasteiger partial charge in [-0.05, 0) is 42.0 Å². The van der Waals surface area contributed by atoms with E-state index in [9.17, 15) is 0 Å². The quantitative estimate of drug-likeness (QED) is 0.673. The Hall–Kier alpha value is -0.763. The molecule has 0 saturated heterocycles. The van der Waals surface area contributed by atoms with E-state index < -0.39 is 9.04 Å². The summed E-state index contributed by atoms with van der Waals surface area (Å²) < 4.78 is 6.29. The number of benzene rings is 1. The molecule has 0 amide bonds. The summed E-state index contributed by atoms with van der Waals surface area (Å²) in [5, 5.41) is 0. The third-order valence-electron chi connectivity index (χ3n) is 3.16. The van der Waals surface area contributed by atoms with Crippen LogP contribution >= 0.6 is 0 Å². The Morgan fingerprint density at radius 3 is 1.47 bits per heavy atom. The molecule has 0 bridgehead atoms. The van der Waals surface area contributed by atoms with Gasteiger partial charge < -0.3 is 4.43 Å². The summed E-state index contributed by atoms with van der Waals surface area (Å²) in [5.74, 6) is 1.13. The maximum absolute atomic E-state index is 6.29. The molecule has 0 aliphatic rings. The van der Waals surface area contributed by atoms with Gasteiger partial charge in [0, 0.05) is 0 Å². The van der Waals surface area contributed by atoms with Gasteiger partial charge in [-0.15, -0.1) is 0 Å². The van der Waals surface area contributed by atoms with Crippen molar-refractivity contribution in [3.8, 4) is 5.75 Å². The summed E-state index contributed by atoms with van der Waals surface area (Å²) in [6.45, 7) is 20.2. The molecule has 0 aliphatic heterocycles. The number of aryl methyl sites for hydroxylation is 1. The van der Waals surface area contributed by atoms with Gasteiger partial charge in [0.05, 0.1) is 0 Å². The van der Waals surface area contributed by atoms with Crippen LogP contribution in [0.3, 0.4) is 0 Å². The molecule has 1 nitrogen and oxygen atoms in total. The van der Waals surface area contributed by atoms with Crippen LogP contribution in [0.15, 0.2) is 12.1 Å². The summed E-state index contributed by atoms with van der Waals surface area (Å²) in [4.78, 5) is 0. The monoisotopic (exact) mass is 277 g/mol. The molecule has 1 rings (SSSR count). The van der Waals surface area contributed by atoms with Crippen molar-refractivity contribution in [1.82, 2.24) is 0 Å². The number of hydrogen-bond acceptors (Lipinski definition) is 1. The Morgan fingerprint density at radius 2 is 1.21 bits per heavy atom. The first kappa shape index (κ1) is 16.3. The Kier molecular flexibility index (Phi) is 4.56. The minimum atomic E-state index is -0.763. The highest BCUT2D eigenvalue weighted by Gasteiger charge is 2.27. The summed E-state index contributed by atoms with van der Waals surface area (Å²) >= 11 is 0. The first-order valence-corrected chi connectivity index (χ1v) is 9.47. The van der Waals surface area contributed by atoms with Crippen LogP contribution in [-0.4, -0.2) is 9.04 Å². The lowest BCUT2D eigenvalue weighted by Crippen LogP contribution is -2.23. The van der Waals surface area contributed by atoms with E-state index in [1.165, 1.54) is 16.7 Å². The van der Waals surface area contributed by atoms with E-state index in [1.54, 1.807) is 0 Å². The molecular formula is C17H29OSi. The van der Waals surface area contributed by atoms with E-state index in [-0.39, 0.29) is 10.8 Å². The SMILES string of the molecule is Cc1cc(C(C)(C)C)c(O[Si](C)C)c(C(C)(C)C)c1. The van der Waals surface area contributed by atoms with Crippen molar-refractivity contribution in [1.29, 1.82) is 0 Å². The van der Waals surface area contributed by atoms with Crippen LogP contribution in [0.25, 0.3) is 0 Å². The van der Waals surface area contributed by atoms with Crippen LogP contribution in [0, 0.1) is 6.92 Å². The predicted octanol–water partition coefficient (Wildman–Crippen LogP) is 5.22. The Morgan fingerprint density at radius 1 is 0.842 bits per heavy atom. The van der Waals surface area contributed by atoms with Crippen molar-refractivity contribution >= 4 is 9.04 Å². The highest BCUT2D eigenvalue weighted by molar-refractivity contribution is 6.49. The standard InChI is InChI=1S/C17H29OSi/c1-12-10-13(16(2,3)4)15(18-19(8)9)14(11-12)17(5,6)7/h10-11H,1-9H3. The normalized spacial score (nSPS) is 12.9. The fraction of sp³-hybridized carbons (Fsp3) is 0.647. The first-order chi connectivity index (χ1) is 8.43. The lowest BCUT2D eigenvalue weighted by atomic mass is 9.78. The summed E-state index contributed by atoms with van der Waals surface area (Å²) in [6, 6.07) is 4.57. The third kappa shape index (κ3) is 4.10. The van der Waals surface area contributed by atoms with Gasteiger partial charge in [-0.1, -0.05) is 59.2 Å². The fourth-order valence-corrected chi connectivity index (χ4v) is 2.83. The molecule has 2 heteroatoms. The van der Waals surface area contributed by atoms with Crippen LogP contribution in [0.2, 0.25) is 13.1 Å². The number of hydrogen-bond donors (Lipinski definition) is 0. The van der Waals surface area contributed by atoms with E-state index in [0.29, 0.717) is 0 Å². The molecule has 0 aromatic heterocycles. The summed E-state index contributed by atoms with van der Waals surface area (Å²) in [7, 11) is -0.763. The minimum Gasteiger partial charge on any atom is -0.542 e. The number of rotatable bonds is 2. The van der Waals surface area contributed by atoms with E-state index in [2.05, 4.69) is 73.7 Å². The van der Waals surface area contributed by atoms with Crippen molar-refractivity contribution in [3.05, 3.63) is 28.8 Å². The molecule has 1 aromatic rings. The van der Waals surface area contributed by atoms with Crippen LogP contribution in [-0.2, 0) is 10.8 Å². The van der Waals surface area contributed by atoms with Gasteiger partial charge in [-0.2, -0.15) is 0 Å². The molecule has 0 saturated carbocycles. The highest BCUT2D eigenvalue weighted by atomic mass is 28.3. The maximum Gasteiger partial charge on any atom is 0.274 e. The molecule has 0 atom stereocenters. The Balaban J connectivity index is 3.58. The van der Waals surface area contributed by atoms with Crippen molar-refractivity contribution in [2.75, 3.05) is 0 Å². The van der Waals surface area contributed by atoms with Crippen LogP contribution in [0.1, 0.15) is 58.2 Å². The van der Waals surface area contributed by atoms with Gasteiger partial charge in [0.25, 0.3) is 9.04 Å². The molecular weight excluding hydrogens is 248 g/mol. The average Bonchev–Trinajstić information content (AvgIpc) is 2.16. The van der Waals surface area contributed by atoms with Gasteiger partial charge in [0.2, 0.25) is 0 Å². The average molecular weight is 278 g/mol. The predicted molar refractivity (Wildman–Crippen MR) is 86.7 cm³/mol. The molecule has 19 heavy (non-hydrogen) atoms. The minimum absolute atomic E-state index is 0.110. The summed E-state index contributed by atoms with van der Waals surface area (Å²) in [6.07, 6.45) is 0. The third-order valence-corrected chi connectivity index (χ3v) is 3.77. The zero-order chi connectivity index (χ0) is 15.0. The fourth-order valence-electron chi connectivity index (χ4n) is 2.20. The maximum atomic E-state index is 6.29. The lowest BCUT2D eigenvalue weighted by molar-refractivity contribution is 0.487. The first-order valence-electron chi connectivity index (χ1n) is 7.06. The largest absolute Gasteiger partial charge is 0.542 e. The van der Waals surface area contributed by atoms with Crippen LogP contribution in [0.4, 0.5) is 0 Å². The van der Waals surface area contributed by atoms with Gasteiger partial charge in [0.15, 0.2) is 0 Å². The zero-order valence-electron chi connectivity index (χ0n) is 14.1. The van der Waals surface area contributed by atoms with Crippen LogP contribution in [0.5, 0.6) is 5.75 Å². The zero-order valence-corrected chi connectivity index (χ0v) is 15.1. The van der Waals surface area contributed by atoms with Crippen LogP contribution < -0.4 is 4.43 Å². The molecule has 1 radical (unpaired) electrons. The second kappa shape index (κ2) is 5.32. The van der Waals surface area contributed by atoms with Gasteiger partial charge in [-0.25, -0.2) is 0 Å². The second-order valence-electron chi connectivity index (χ2n) is 7.70.